The third kappa shape index (κ3) is 4.32. The van der Waals surface area contributed by atoms with Crippen LogP contribution < -0.4 is 4.90 Å². The quantitative estimate of drug-likeness (QED) is 0.591. The average Bonchev–Trinajstić information content (AvgIpc) is 3.32. The van der Waals surface area contributed by atoms with Crippen LogP contribution in [0.5, 0.6) is 0 Å². The van der Waals surface area contributed by atoms with Crippen LogP contribution in [-0.4, -0.2) is 31.7 Å². The third-order valence-corrected chi connectivity index (χ3v) is 7.14. The van der Waals surface area contributed by atoms with Gasteiger partial charge in [-0.2, -0.15) is 4.31 Å². The van der Waals surface area contributed by atoms with Gasteiger partial charge in [-0.25, -0.2) is 8.42 Å². The first-order valence-corrected chi connectivity index (χ1v) is 11.5. The number of hydrogen-bond donors (Lipinski definition) is 0. The molecular weight excluding hydrogens is 400 g/mol. The Morgan fingerprint density at radius 2 is 1.70 bits per heavy atom. The first-order chi connectivity index (χ1) is 14.6. The lowest BCUT2D eigenvalue weighted by Crippen LogP contribution is -2.36. The number of benzene rings is 2. The van der Waals surface area contributed by atoms with Crippen molar-refractivity contribution in [1.82, 2.24) is 4.31 Å². The monoisotopic (exact) mass is 424 g/mol. The lowest BCUT2D eigenvalue weighted by molar-refractivity contribution is 0.0983. The Hall–Kier alpha value is -2.90. The summed E-state index contributed by atoms with van der Waals surface area (Å²) in [7, 11) is -3.61. The number of amides is 1. The van der Waals surface area contributed by atoms with Gasteiger partial charge in [0.05, 0.1) is 17.7 Å². The summed E-state index contributed by atoms with van der Waals surface area (Å²) in [5, 5.41) is 0. The molecule has 4 rings (SSSR count). The van der Waals surface area contributed by atoms with Crippen molar-refractivity contribution in [2.45, 2.75) is 30.7 Å². The number of furan rings is 1. The van der Waals surface area contributed by atoms with Gasteiger partial charge >= 0.3 is 0 Å². The minimum absolute atomic E-state index is 0.154. The molecule has 1 aliphatic rings. The Morgan fingerprint density at radius 3 is 2.40 bits per heavy atom. The number of carbonyl (C=O) groups excluding carboxylic acids is 1. The number of rotatable bonds is 6. The lowest BCUT2D eigenvalue weighted by Gasteiger charge is -2.26. The molecule has 0 aliphatic carbocycles. The molecule has 0 saturated carbocycles. The van der Waals surface area contributed by atoms with Crippen molar-refractivity contribution >= 4 is 21.6 Å². The van der Waals surface area contributed by atoms with Crippen molar-refractivity contribution in [3.63, 3.8) is 0 Å². The smallest absolute Gasteiger partial charge is 0.258 e. The summed E-state index contributed by atoms with van der Waals surface area (Å²) in [5.41, 5.74) is 1.03. The van der Waals surface area contributed by atoms with Gasteiger partial charge in [0, 0.05) is 24.3 Å². The predicted molar refractivity (Wildman–Crippen MR) is 115 cm³/mol. The molecule has 156 valence electrons. The minimum Gasteiger partial charge on any atom is -0.467 e. The molecule has 2 aromatic carbocycles. The van der Waals surface area contributed by atoms with Crippen LogP contribution in [0, 0.1) is 0 Å². The summed E-state index contributed by atoms with van der Waals surface area (Å²) in [6.07, 6.45) is 4.34. The van der Waals surface area contributed by atoms with E-state index >= 15 is 0 Å². The fourth-order valence-electron chi connectivity index (χ4n) is 3.65. The van der Waals surface area contributed by atoms with Crippen molar-refractivity contribution in [3.8, 4) is 0 Å². The van der Waals surface area contributed by atoms with Crippen molar-refractivity contribution in [2.24, 2.45) is 0 Å². The second-order valence-corrected chi connectivity index (χ2v) is 9.24. The van der Waals surface area contributed by atoms with Gasteiger partial charge in [0.25, 0.3) is 5.91 Å². The van der Waals surface area contributed by atoms with Gasteiger partial charge < -0.3 is 9.32 Å². The molecule has 3 aromatic rings. The first-order valence-electron chi connectivity index (χ1n) is 10.1. The molecule has 0 unspecified atom stereocenters. The summed E-state index contributed by atoms with van der Waals surface area (Å²) >= 11 is 0. The molecule has 0 spiro atoms. The van der Waals surface area contributed by atoms with Gasteiger partial charge in [-0.05, 0) is 55.3 Å². The molecule has 30 heavy (non-hydrogen) atoms. The maximum atomic E-state index is 13.4. The van der Waals surface area contributed by atoms with E-state index in [-0.39, 0.29) is 17.3 Å². The molecule has 1 aliphatic heterocycles. The van der Waals surface area contributed by atoms with Crippen LogP contribution in [0.25, 0.3) is 0 Å². The van der Waals surface area contributed by atoms with Crippen molar-refractivity contribution in [1.29, 1.82) is 0 Å². The van der Waals surface area contributed by atoms with E-state index in [4.69, 9.17) is 4.42 Å². The van der Waals surface area contributed by atoms with E-state index in [1.54, 1.807) is 41.5 Å². The number of carbonyl (C=O) groups is 1. The van der Waals surface area contributed by atoms with Gasteiger partial charge in [0.1, 0.15) is 5.76 Å². The zero-order valence-electron chi connectivity index (χ0n) is 16.6. The van der Waals surface area contributed by atoms with E-state index in [9.17, 15) is 13.2 Å². The topological polar surface area (TPSA) is 70.8 Å². The highest BCUT2D eigenvalue weighted by Crippen LogP contribution is 2.24. The van der Waals surface area contributed by atoms with Crippen molar-refractivity contribution in [3.05, 3.63) is 84.3 Å². The highest BCUT2D eigenvalue weighted by Gasteiger charge is 2.27. The highest BCUT2D eigenvalue weighted by atomic mass is 32.2. The van der Waals surface area contributed by atoms with E-state index in [1.807, 2.05) is 30.3 Å². The van der Waals surface area contributed by atoms with Gasteiger partial charge in [-0.3, -0.25) is 4.79 Å². The largest absolute Gasteiger partial charge is 0.467 e. The normalized spacial score (nSPS) is 15.1. The number of hydrogen-bond acceptors (Lipinski definition) is 4. The van der Waals surface area contributed by atoms with Crippen LogP contribution in [0.2, 0.25) is 0 Å². The van der Waals surface area contributed by atoms with E-state index < -0.39 is 10.0 Å². The summed E-state index contributed by atoms with van der Waals surface area (Å²) in [6.45, 7) is 1.29. The number of nitrogens with zero attached hydrogens (tertiary/aromatic N) is 2. The average molecular weight is 425 g/mol. The van der Waals surface area contributed by atoms with Crippen LogP contribution >= 0.6 is 0 Å². The molecule has 6 nitrogen and oxygen atoms in total. The summed E-state index contributed by atoms with van der Waals surface area (Å²) < 4.78 is 33.0. The molecule has 0 radical (unpaired) electrons. The molecule has 0 N–H and O–H groups in total. The van der Waals surface area contributed by atoms with Gasteiger partial charge in [0.15, 0.2) is 0 Å². The molecule has 0 bridgehead atoms. The Labute approximate surface area is 176 Å². The van der Waals surface area contributed by atoms with Crippen molar-refractivity contribution < 1.29 is 17.6 Å². The Balaban J connectivity index is 1.66. The molecule has 1 saturated heterocycles. The highest BCUT2D eigenvalue weighted by molar-refractivity contribution is 7.89. The summed E-state index contributed by atoms with van der Waals surface area (Å²) in [4.78, 5) is 15.1. The molecule has 1 amide bonds. The molecule has 1 fully saturated rings. The zero-order valence-corrected chi connectivity index (χ0v) is 17.4. The van der Waals surface area contributed by atoms with Gasteiger partial charge in [-0.1, -0.05) is 30.7 Å². The van der Waals surface area contributed by atoms with Crippen LogP contribution in [0.1, 0.15) is 35.4 Å². The molecular formula is C23H24N2O4S. The van der Waals surface area contributed by atoms with Gasteiger partial charge in [0.2, 0.25) is 10.0 Å². The minimum atomic E-state index is -3.61. The number of piperidine rings is 1. The number of sulfonamides is 1. The summed E-state index contributed by atoms with van der Waals surface area (Å²) in [5.74, 6) is 0.359. The van der Waals surface area contributed by atoms with Crippen molar-refractivity contribution in [2.75, 3.05) is 18.0 Å². The first kappa shape index (κ1) is 20.4. The fraction of sp³-hybridized carbons (Fsp3) is 0.261. The standard InChI is InChI=1S/C23H24N2O4S/c26-23(25(18-21-12-8-16-29-21)20-10-3-1-4-11-20)19-9-7-13-22(17-19)30(27,28)24-14-5-2-6-15-24/h1,3-4,7-13,16-17H,2,5-6,14-15,18H2. The number of para-hydroxylation sites is 1. The van der Waals surface area contributed by atoms with E-state index in [0.29, 0.717) is 30.1 Å². The predicted octanol–water partition coefficient (Wildman–Crippen LogP) is 4.30. The van der Waals surface area contributed by atoms with Crippen LogP contribution in [0.15, 0.2) is 82.3 Å². The maximum Gasteiger partial charge on any atom is 0.258 e. The molecule has 1 aromatic heterocycles. The van der Waals surface area contributed by atoms with E-state index in [1.165, 1.54) is 10.4 Å². The SMILES string of the molecule is O=C(c1cccc(S(=O)(=O)N2CCCCC2)c1)N(Cc1ccco1)c1ccccc1. The Bertz CT molecular complexity index is 1090. The summed E-state index contributed by atoms with van der Waals surface area (Å²) in [6, 6.07) is 19.2. The molecule has 2 heterocycles. The van der Waals surface area contributed by atoms with Crippen LogP contribution in [0.4, 0.5) is 5.69 Å². The second kappa shape index (κ2) is 8.85. The Kier molecular flexibility index (Phi) is 6.01. The lowest BCUT2D eigenvalue weighted by atomic mass is 10.1. The van der Waals surface area contributed by atoms with Gasteiger partial charge in [-0.15, -0.1) is 0 Å². The maximum absolute atomic E-state index is 13.4. The third-order valence-electron chi connectivity index (χ3n) is 5.24. The Morgan fingerprint density at radius 1 is 0.933 bits per heavy atom. The number of anilines is 1. The van der Waals surface area contributed by atoms with Crippen LogP contribution in [-0.2, 0) is 16.6 Å². The van der Waals surface area contributed by atoms with Crippen LogP contribution in [0.3, 0.4) is 0 Å². The molecule has 0 atom stereocenters. The van der Waals surface area contributed by atoms with E-state index in [2.05, 4.69) is 0 Å². The zero-order chi connectivity index (χ0) is 21.0. The molecule has 7 heteroatoms. The van der Waals surface area contributed by atoms with E-state index in [0.717, 1.165) is 19.3 Å². The fourth-order valence-corrected chi connectivity index (χ4v) is 5.21. The second-order valence-electron chi connectivity index (χ2n) is 7.30.